The largest absolute Gasteiger partial charge is 0.454 e. The van der Waals surface area contributed by atoms with Crippen LogP contribution >= 0.6 is 0 Å². The first-order valence-electron chi connectivity index (χ1n) is 8.88. The van der Waals surface area contributed by atoms with Gasteiger partial charge in [-0.05, 0) is 42.8 Å². The van der Waals surface area contributed by atoms with Gasteiger partial charge in [-0.15, -0.1) is 0 Å². The number of hydrogen-bond donors (Lipinski definition) is 1. The number of anilines is 2. The Morgan fingerprint density at radius 2 is 2.00 bits per heavy atom. The van der Waals surface area contributed by atoms with E-state index in [-0.39, 0.29) is 18.6 Å². The molecular formula is C20H21N3O4. The smallest absolute Gasteiger partial charge is 0.254 e. The van der Waals surface area contributed by atoms with Crippen molar-refractivity contribution in [1.29, 1.82) is 0 Å². The summed E-state index contributed by atoms with van der Waals surface area (Å²) in [5, 5.41) is 2.84. The number of ether oxygens (including phenoxy) is 2. The van der Waals surface area contributed by atoms with Crippen molar-refractivity contribution in [3.05, 3.63) is 47.5 Å². The summed E-state index contributed by atoms with van der Waals surface area (Å²) in [7, 11) is 1.86. The molecule has 7 heteroatoms. The Hall–Kier alpha value is -3.22. The molecule has 2 aliphatic heterocycles. The molecule has 0 saturated heterocycles. The van der Waals surface area contributed by atoms with E-state index in [9.17, 15) is 9.59 Å². The zero-order chi connectivity index (χ0) is 19.0. The summed E-state index contributed by atoms with van der Waals surface area (Å²) in [5.74, 6) is 1.26. The van der Waals surface area contributed by atoms with Crippen LogP contribution in [-0.2, 0) is 11.3 Å². The Balaban J connectivity index is 1.55. The number of amides is 2. The van der Waals surface area contributed by atoms with Crippen LogP contribution in [0.1, 0.15) is 22.8 Å². The maximum atomic E-state index is 13.0. The van der Waals surface area contributed by atoms with E-state index in [0.717, 1.165) is 17.0 Å². The fourth-order valence-corrected chi connectivity index (χ4v) is 3.36. The van der Waals surface area contributed by atoms with Crippen LogP contribution in [0.4, 0.5) is 11.4 Å². The van der Waals surface area contributed by atoms with Gasteiger partial charge in [0, 0.05) is 25.7 Å². The average Bonchev–Trinajstić information content (AvgIpc) is 3.12. The Labute approximate surface area is 157 Å². The molecule has 2 aromatic carbocycles. The van der Waals surface area contributed by atoms with Gasteiger partial charge in [0.05, 0.1) is 17.9 Å². The van der Waals surface area contributed by atoms with E-state index >= 15 is 0 Å². The van der Waals surface area contributed by atoms with Gasteiger partial charge in [-0.3, -0.25) is 9.59 Å². The number of rotatable bonds is 4. The minimum absolute atomic E-state index is 0.0812. The van der Waals surface area contributed by atoms with Crippen LogP contribution < -0.4 is 19.7 Å². The first-order valence-corrected chi connectivity index (χ1v) is 8.88. The van der Waals surface area contributed by atoms with E-state index in [4.69, 9.17) is 9.47 Å². The molecule has 4 rings (SSSR count). The standard InChI is InChI=1S/C20H21N3O4/c1-3-23(10-13-4-7-17-18(8-13)27-12-26-17)20(25)14-5-6-16-15(9-14)21-19(24)11-22(16)2/h4-9H,3,10-12H2,1-2H3,(H,21,24). The highest BCUT2D eigenvalue weighted by atomic mass is 16.7. The van der Waals surface area contributed by atoms with Crippen LogP contribution in [0.3, 0.4) is 0 Å². The van der Waals surface area contributed by atoms with Crippen molar-refractivity contribution in [2.75, 3.05) is 37.1 Å². The quantitative estimate of drug-likeness (QED) is 0.899. The number of likely N-dealkylation sites (N-methyl/N-ethyl adjacent to an activating group) is 1. The van der Waals surface area contributed by atoms with Gasteiger partial charge in [0.2, 0.25) is 12.7 Å². The zero-order valence-electron chi connectivity index (χ0n) is 15.3. The first kappa shape index (κ1) is 17.2. The molecule has 2 heterocycles. The lowest BCUT2D eigenvalue weighted by atomic mass is 10.1. The Morgan fingerprint density at radius 1 is 1.19 bits per heavy atom. The van der Waals surface area contributed by atoms with Crippen molar-refractivity contribution in [1.82, 2.24) is 4.90 Å². The maximum absolute atomic E-state index is 13.0. The molecular weight excluding hydrogens is 346 g/mol. The summed E-state index contributed by atoms with van der Waals surface area (Å²) in [5.41, 5.74) is 3.09. The van der Waals surface area contributed by atoms with E-state index < -0.39 is 0 Å². The van der Waals surface area contributed by atoms with Crippen LogP contribution in [0.2, 0.25) is 0 Å². The Morgan fingerprint density at radius 3 is 2.81 bits per heavy atom. The summed E-state index contributed by atoms with van der Waals surface area (Å²) in [6.07, 6.45) is 0. The average molecular weight is 367 g/mol. The van der Waals surface area contributed by atoms with Gasteiger partial charge < -0.3 is 24.6 Å². The van der Waals surface area contributed by atoms with Crippen molar-refractivity contribution in [2.24, 2.45) is 0 Å². The Bertz CT molecular complexity index is 912. The monoisotopic (exact) mass is 367 g/mol. The summed E-state index contributed by atoms with van der Waals surface area (Å²) in [6, 6.07) is 11.1. The second-order valence-electron chi connectivity index (χ2n) is 6.64. The third-order valence-electron chi connectivity index (χ3n) is 4.79. The SMILES string of the molecule is CCN(Cc1ccc2c(c1)OCO2)C(=O)c1ccc2c(c1)NC(=O)CN2C. The molecule has 0 aromatic heterocycles. The molecule has 0 aliphatic carbocycles. The van der Waals surface area contributed by atoms with Crippen molar-refractivity contribution in [3.8, 4) is 11.5 Å². The van der Waals surface area contributed by atoms with Crippen LogP contribution in [0, 0.1) is 0 Å². The molecule has 0 atom stereocenters. The van der Waals surface area contributed by atoms with E-state index in [1.54, 1.807) is 17.0 Å². The van der Waals surface area contributed by atoms with Gasteiger partial charge in [-0.1, -0.05) is 6.07 Å². The van der Waals surface area contributed by atoms with Crippen molar-refractivity contribution in [2.45, 2.75) is 13.5 Å². The van der Waals surface area contributed by atoms with Crippen molar-refractivity contribution in [3.63, 3.8) is 0 Å². The summed E-state index contributed by atoms with van der Waals surface area (Å²) in [6.45, 7) is 3.51. The second-order valence-corrected chi connectivity index (χ2v) is 6.64. The normalized spacial score (nSPS) is 14.6. The van der Waals surface area contributed by atoms with Crippen LogP contribution in [0.15, 0.2) is 36.4 Å². The molecule has 2 aromatic rings. The van der Waals surface area contributed by atoms with Gasteiger partial charge in [0.15, 0.2) is 11.5 Å². The Kier molecular flexibility index (Phi) is 4.35. The third-order valence-corrected chi connectivity index (χ3v) is 4.79. The number of benzene rings is 2. The summed E-state index contributed by atoms with van der Waals surface area (Å²) >= 11 is 0. The second kappa shape index (κ2) is 6.83. The molecule has 140 valence electrons. The lowest BCUT2D eigenvalue weighted by Gasteiger charge is -2.28. The predicted octanol–water partition coefficient (Wildman–Crippen LogP) is 2.47. The lowest BCUT2D eigenvalue weighted by molar-refractivity contribution is -0.115. The number of carbonyl (C=O) groups excluding carboxylic acids is 2. The fraction of sp³-hybridized carbons (Fsp3) is 0.300. The van der Waals surface area contributed by atoms with E-state index in [0.29, 0.717) is 36.6 Å². The molecule has 1 N–H and O–H groups in total. The molecule has 0 unspecified atom stereocenters. The van der Waals surface area contributed by atoms with Gasteiger partial charge in [-0.25, -0.2) is 0 Å². The lowest BCUT2D eigenvalue weighted by Crippen LogP contribution is -2.36. The van der Waals surface area contributed by atoms with E-state index in [2.05, 4.69) is 5.32 Å². The van der Waals surface area contributed by atoms with Crippen LogP contribution in [-0.4, -0.2) is 43.6 Å². The number of nitrogens with zero attached hydrogens (tertiary/aromatic N) is 2. The molecule has 0 saturated carbocycles. The van der Waals surface area contributed by atoms with E-state index in [1.165, 1.54) is 0 Å². The number of hydrogen-bond acceptors (Lipinski definition) is 5. The molecule has 0 spiro atoms. The summed E-state index contributed by atoms with van der Waals surface area (Å²) < 4.78 is 10.7. The number of nitrogens with one attached hydrogen (secondary N) is 1. The van der Waals surface area contributed by atoms with Gasteiger partial charge in [0.1, 0.15) is 0 Å². The van der Waals surface area contributed by atoms with Crippen molar-refractivity contribution < 1.29 is 19.1 Å². The molecule has 0 bridgehead atoms. The summed E-state index contributed by atoms with van der Waals surface area (Å²) in [4.78, 5) is 28.4. The molecule has 2 aliphatic rings. The minimum atomic E-state index is -0.0829. The topological polar surface area (TPSA) is 71.1 Å². The van der Waals surface area contributed by atoms with Crippen LogP contribution in [0.25, 0.3) is 0 Å². The third kappa shape index (κ3) is 3.28. The molecule has 0 radical (unpaired) electrons. The van der Waals surface area contributed by atoms with Crippen molar-refractivity contribution >= 4 is 23.2 Å². The number of fused-ring (bicyclic) bond motifs is 2. The minimum Gasteiger partial charge on any atom is -0.454 e. The molecule has 0 fully saturated rings. The van der Waals surface area contributed by atoms with Gasteiger partial charge in [0.25, 0.3) is 5.91 Å². The number of carbonyl (C=O) groups is 2. The predicted molar refractivity (Wildman–Crippen MR) is 101 cm³/mol. The molecule has 27 heavy (non-hydrogen) atoms. The fourth-order valence-electron chi connectivity index (χ4n) is 3.36. The first-order chi connectivity index (χ1) is 13.0. The van der Waals surface area contributed by atoms with Crippen LogP contribution in [0.5, 0.6) is 11.5 Å². The highest BCUT2D eigenvalue weighted by Crippen LogP contribution is 2.33. The molecule has 7 nitrogen and oxygen atoms in total. The molecule has 2 amide bonds. The zero-order valence-corrected chi connectivity index (χ0v) is 15.3. The highest BCUT2D eigenvalue weighted by Gasteiger charge is 2.22. The van der Waals surface area contributed by atoms with E-state index in [1.807, 2.05) is 43.1 Å². The van der Waals surface area contributed by atoms with Gasteiger partial charge in [-0.2, -0.15) is 0 Å². The maximum Gasteiger partial charge on any atom is 0.254 e. The van der Waals surface area contributed by atoms with Gasteiger partial charge >= 0.3 is 0 Å². The highest BCUT2D eigenvalue weighted by molar-refractivity contribution is 6.03.